The van der Waals surface area contributed by atoms with E-state index in [4.69, 9.17) is 11.6 Å². The number of anilines is 3. The minimum Gasteiger partial charge on any atom is -0.506 e. The Morgan fingerprint density at radius 2 is 1.41 bits per heavy atom. The molecule has 0 aliphatic rings. The monoisotopic (exact) mass is 444 g/mol. The van der Waals surface area contributed by atoms with Gasteiger partial charge in [0.05, 0.1) is 10.6 Å². The second kappa shape index (κ2) is 9.28. The van der Waals surface area contributed by atoms with Crippen molar-refractivity contribution < 1.29 is 10.0 Å². The molecular formula is C24H17ClN4O3. The molecule has 0 saturated carbocycles. The zero-order valence-corrected chi connectivity index (χ0v) is 17.4. The van der Waals surface area contributed by atoms with Gasteiger partial charge in [0, 0.05) is 23.1 Å². The van der Waals surface area contributed by atoms with E-state index >= 15 is 0 Å². The Balaban J connectivity index is 1.74. The van der Waals surface area contributed by atoms with Gasteiger partial charge in [0.25, 0.3) is 5.69 Å². The summed E-state index contributed by atoms with van der Waals surface area (Å²) < 4.78 is 0. The molecule has 0 unspecified atom stereocenters. The van der Waals surface area contributed by atoms with E-state index in [0.29, 0.717) is 0 Å². The van der Waals surface area contributed by atoms with Crippen molar-refractivity contribution in [1.29, 1.82) is 0 Å². The third-order valence-corrected chi connectivity index (χ3v) is 4.97. The Labute approximate surface area is 189 Å². The average Bonchev–Trinajstić information content (AvgIpc) is 2.81. The minimum absolute atomic E-state index is 0.0140. The number of phenols is 1. The summed E-state index contributed by atoms with van der Waals surface area (Å²) in [7, 11) is 0. The summed E-state index contributed by atoms with van der Waals surface area (Å²) in [4.78, 5) is 12.5. The molecule has 0 aromatic heterocycles. The van der Waals surface area contributed by atoms with Crippen LogP contribution in [-0.4, -0.2) is 10.0 Å². The van der Waals surface area contributed by atoms with Crippen molar-refractivity contribution in [3.63, 3.8) is 0 Å². The SMILES string of the molecule is O=[N+]([O-])c1cc(N=Nc2cc(N(c3ccccc3)c3ccccc3)ccc2O)ccc1Cl. The molecular weight excluding hydrogens is 428 g/mol. The number of rotatable bonds is 6. The summed E-state index contributed by atoms with van der Waals surface area (Å²) in [6.45, 7) is 0. The van der Waals surface area contributed by atoms with E-state index in [0.717, 1.165) is 17.1 Å². The summed E-state index contributed by atoms with van der Waals surface area (Å²) in [5, 5.41) is 29.6. The molecule has 0 amide bonds. The molecule has 0 saturated heterocycles. The first-order valence-corrected chi connectivity index (χ1v) is 9.99. The highest BCUT2D eigenvalue weighted by Gasteiger charge is 2.15. The third kappa shape index (κ3) is 4.58. The van der Waals surface area contributed by atoms with Crippen LogP contribution < -0.4 is 4.90 Å². The van der Waals surface area contributed by atoms with Gasteiger partial charge in [-0.3, -0.25) is 10.1 Å². The molecule has 0 aliphatic heterocycles. The highest BCUT2D eigenvalue weighted by Crippen LogP contribution is 2.39. The maximum absolute atomic E-state index is 11.1. The van der Waals surface area contributed by atoms with Gasteiger partial charge in [0.15, 0.2) is 0 Å². The van der Waals surface area contributed by atoms with Crippen molar-refractivity contribution in [1.82, 2.24) is 0 Å². The standard InChI is InChI=1S/C24H17ClN4O3/c25-21-13-11-17(15-23(21)29(31)32)26-27-22-16-20(12-14-24(22)30)28(18-7-3-1-4-8-18)19-9-5-2-6-10-19/h1-16,30H. The normalized spacial score (nSPS) is 10.9. The molecule has 7 nitrogen and oxygen atoms in total. The van der Waals surface area contributed by atoms with E-state index < -0.39 is 4.92 Å². The van der Waals surface area contributed by atoms with E-state index in [1.807, 2.05) is 65.6 Å². The van der Waals surface area contributed by atoms with Crippen molar-refractivity contribution in [2.75, 3.05) is 4.90 Å². The number of para-hydroxylation sites is 2. The second-order valence-electron chi connectivity index (χ2n) is 6.77. The van der Waals surface area contributed by atoms with Crippen molar-refractivity contribution in [2.24, 2.45) is 10.2 Å². The largest absolute Gasteiger partial charge is 0.506 e. The number of azo groups is 1. The average molecular weight is 445 g/mol. The number of benzene rings is 4. The number of phenolic OH excluding ortho intramolecular Hbond substituents is 1. The van der Waals surface area contributed by atoms with Crippen LogP contribution in [0.4, 0.5) is 34.1 Å². The fraction of sp³-hybridized carbons (Fsp3) is 0. The molecule has 0 heterocycles. The van der Waals surface area contributed by atoms with Gasteiger partial charge in [0.1, 0.15) is 16.5 Å². The van der Waals surface area contributed by atoms with Crippen LogP contribution in [0.2, 0.25) is 5.02 Å². The van der Waals surface area contributed by atoms with Gasteiger partial charge in [0.2, 0.25) is 0 Å². The van der Waals surface area contributed by atoms with E-state index in [1.54, 1.807) is 12.1 Å². The number of hydrogen-bond donors (Lipinski definition) is 1. The Kier molecular flexibility index (Phi) is 6.10. The molecule has 0 aliphatic carbocycles. The van der Waals surface area contributed by atoms with Gasteiger partial charge in [-0.05, 0) is 54.6 Å². The van der Waals surface area contributed by atoms with Crippen LogP contribution in [0.5, 0.6) is 5.75 Å². The van der Waals surface area contributed by atoms with Crippen LogP contribution in [0, 0.1) is 10.1 Å². The highest BCUT2D eigenvalue weighted by atomic mass is 35.5. The number of nitrogens with zero attached hydrogens (tertiary/aromatic N) is 4. The first-order valence-electron chi connectivity index (χ1n) is 9.62. The van der Waals surface area contributed by atoms with E-state index in [1.165, 1.54) is 24.3 Å². The first kappa shape index (κ1) is 21.0. The predicted molar refractivity (Wildman–Crippen MR) is 125 cm³/mol. The zero-order valence-electron chi connectivity index (χ0n) is 16.7. The molecule has 4 aromatic rings. The maximum Gasteiger partial charge on any atom is 0.290 e. The first-order chi connectivity index (χ1) is 15.5. The maximum atomic E-state index is 11.1. The van der Waals surface area contributed by atoms with E-state index in [-0.39, 0.29) is 27.8 Å². The smallest absolute Gasteiger partial charge is 0.290 e. The molecule has 158 valence electrons. The number of aromatic hydroxyl groups is 1. The lowest BCUT2D eigenvalue weighted by Crippen LogP contribution is -2.09. The van der Waals surface area contributed by atoms with Gasteiger partial charge < -0.3 is 10.0 Å². The van der Waals surface area contributed by atoms with Crippen LogP contribution in [0.25, 0.3) is 0 Å². The molecule has 8 heteroatoms. The van der Waals surface area contributed by atoms with E-state index in [2.05, 4.69) is 10.2 Å². The van der Waals surface area contributed by atoms with Crippen LogP contribution in [0.1, 0.15) is 0 Å². The van der Waals surface area contributed by atoms with Crippen LogP contribution in [0.15, 0.2) is 107 Å². The number of hydrogen-bond acceptors (Lipinski definition) is 6. The van der Waals surface area contributed by atoms with E-state index in [9.17, 15) is 15.2 Å². The molecule has 0 atom stereocenters. The molecule has 0 spiro atoms. The van der Waals surface area contributed by atoms with Crippen molar-refractivity contribution in [3.8, 4) is 5.75 Å². The summed E-state index contributed by atoms with van der Waals surface area (Å²) >= 11 is 5.85. The highest BCUT2D eigenvalue weighted by molar-refractivity contribution is 6.32. The van der Waals surface area contributed by atoms with Crippen molar-refractivity contribution in [3.05, 3.63) is 112 Å². The fourth-order valence-electron chi connectivity index (χ4n) is 3.15. The molecule has 0 fully saturated rings. The van der Waals surface area contributed by atoms with Crippen LogP contribution in [-0.2, 0) is 0 Å². The third-order valence-electron chi connectivity index (χ3n) is 4.65. The Morgan fingerprint density at radius 3 is 2.00 bits per heavy atom. The zero-order chi connectivity index (χ0) is 22.5. The molecule has 1 N–H and O–H groups in total. The lowest BCUT2D eigenvalue weighted by Gasteiger charge is -2.25. The summed E-state index contributed by atoms with van der Waals surface area (Å²) in [5.74, 6) is -0.0676. The second-order valence-corrected chi connectivity index (χ2v) is 7.18. The topological polar surface area (TPSA) is 91.3 Å². The summed E-state index contributed by atoms with van der Waals surface area (Å²) in [6, 6.07) is 28.7. The van der Waals surface area contributed by atoms with Gasteiger partial charge in [-0.15, -0.1) is 5.11 Å². The number of nitro benzene ring substituents is 1. The number of nitro groups is 1. The molecule has 4 rings (SSSR count). The van der Waals surface area contributed by atoms with Gasteiger partial charge in [-0.2, -0.15) is 5.11 Å². The Hall–Kier alpha value is -4.23. The van der Waals surface area contributed by atoms with Crippen molar-refractivity contribution in [2.45, 2.75) is 0 Å². The Morgan fingerprint density at radius 1 is 0.781 bits per heavy atom. The lowest BCUT2D eigenvalue weighted by molar-refractivity contribution is -0.384. The minimum atomic E-state index is -0.586. The number of halogens is 1. The van der Waals surface area contributed by atoms with Crippen LogP contribution >= 0.6 is 11.6 Å². The molecule has 0 bridgehead atoms. The van der Waals surface area contributed by atoms with Crippen LogP contribution in [0.3, 0.4) is 0 Å². The predicted octanol–water partition coefficient (Wildman–Crippen LogP) is 7.84. The summed E-state index contributed by atoms with van der Waals surface area (Å²) in [5.41, 5.74) is 2.82. The Bertz CT molecular complexity index is 1240. The van der Waals surface area contributed by atoms with Gasteiger partial charge in [-0.1, -0.05) is 48.0 Å². The van der Waals surface area contributed by atoms with Gasteiger partial charge in [-0.25, -0.2) is 0 Å². The quantitative estimate of drug-likeness (QED) is 0.186. The molecule has 32 heavy (non-hydrogen) atoms. The molecule has 4 aromatic carbocycles. The molecule has 0 radical (unpaired) electrons. The van der Waals surface area contributed by atoms with Crippen molar-refractivity contribution >= 4 is 45.7 Å². The lowest BCUT2D eigenvalue weighted by atomic mass is 10.1. The van der Waals surface area contributed by atoms with Gasteiger partial charge >= 0.3 is 0 Å². The summed E-state index contributed by atoms with van der Waals surface area (Å²) in [6.07, 6.45) is 0. The fourth-order valence-corrected chi connectivity index (χ4v) is 3.33.